The van der Waals surface area contributed by atoms with E-state index in [-0.39, 0.29) is 24.0 Å². The monoisotopic (exact) mass is 269 g/mol. The molecule has 0 heterocycles. The number of benzene rings is 1. The van der Waals surface area contributed by atoms with Gasteiger partial charge in [0.1, 0.15) is 6.61 Å². The molecule has 0 spiro atoms. The van der Waals surface area contributed by atoms with Gasteiger partial charge in [-0.25, -0.2) is 4.39 Å². The smallest absolute Gasteiger partial charge is 0.179 e. The molecule has 1 rings (SSSR count). The minimum absolute atomic E-state index is 0. The van der Waals surface area contributed by atoms with Crippen molar-refractivity contribution in [3.8, 4) is 5.75 Å². The number of hydrogen-bond donors (Lipinski definition) is 1. The third kappa shape index (κ3) is 3.50. The normalized spacial score (nSPS) is 9.15. The van der Waals surface area contributed by atoms with Crippen molar-refractivity contribution in [3.63, 3.8) is 0 Å². The van der Waals surface area contributed by atoms with E-state index in [1.165, 1.54) is 0 Å². The van der Waals surface area contributed by atoms with Crippen molar-refractivity contribution in [1.29, 1.82) is 0 Å². The van der Waals surface area contributed by atoms with Gasteiger partial charge in [0.25, 0.3) is 0 Å². The third-order valence-electron chi connectivity index (χ3n) is 1.29. The minimum atomic E-state index is -0.383. The number of hydrogen-bond acceptors (Lipinski definition) is 2. The van der Waals surface area contributed by atoms with Gasteiger partial charge >= 0.3 is 0 Å². The summed E-state index contributed by atoms with van der Waals surface area (Å²) in [5.74, 6) is -0.152. The van der Waals surface area contributed by atoms with E-state index >= 15 is 0 Å². The Bertz CT molecular complexity index is 272. The van der Waals surface area contributed by atoms with Crippen LogP contribution in [0.3, 0.4) is 0 Å². The highest BCUT2D eigenvalue weighted by Crippen LogP contribution is 2.24. The highest BCUT2D eigenvalue weighted by Gasteiger charge is 2.05. The zero-order valence-corrected chi connectivity index (χ0v) is 9.20. The predicted molar refractivity (Wildman–Crippen MR) is 55.9 cm³/mol. The molecule has 0 aliphatic heterocycles. The molecular formula is C8H10BrClFNO. The molecule has 0 fully saturated rings. The van der Waals surface area contributed by atoms with Crippen LogP contribution in [0.2, 0.25) is 0 Å². The predicted octanol–water partition coefficient (Wildman–Crippen LogP) is 2.35. The topological polar surface area (TPSA) is 35.2 Å². The Balaban J connectivity index is 0.00000144. The van der Waals surface area contributed by atoms with Crippen molar-refractivity contribution < 1.29 is 9.13 Å². The van der Waals surface area contributed by atoms with E-state index in [2.05, 4.69) is 15.9 Å². The first kappa shape index (κ1) is 12.7. The summed E-state index contributed by atoms with van der Waals surface area (Å²) in [5.41, 5.74) is 5.21. The van der Waals surface area contributed by atoms with Gasteiger partial charge < -0.3 is 10.5 Å². The van der Waals surface area contributed by atoms with E-state index in [0.29, 0.717) is 17.6 Å². The van der Waals surface area contributed by atoms with Crippen LogP contribution < -0.4 is 10.5 Å². The highest BCUT2D eigenvalue weighted by molar-refractivity contribution is 9.10. The van der Waals surface area contributed by atoms with E-state index in [0.717, 1.165) is 0 Å². The Morgan fingerprint density at radius 1 is 1.46 bits per heavy atom. The molecule has 0 unspecified atom stereocenters. The van der Waals surface area contributed by atoms with Crippen LogP contribution in [0, 0.1) is 5.82 Å². The molecule has 0 aliphatic rings. The average molecular weight is 271 g/mol. The van der Waals surface area contributed by atoms with Gasteiger partial charge in [0.15, 0.2) is 11.6 Å². The number of ether oxygens (including phenoxy) is 1. The van der Waals surface area contributed by atoms with E-state index in [1.807, 2.05) is 0 Å². The van der Waals surface area contributed by atoms with Crippen LogP contribution in [0.4, 0.5) is 4.39 Å². The van der Waals surface area contributed by atoms with Gasteiger partial charge in [0.05, 0.1) is 4.47 Å². The fourth-order valence-electron chi connectivity index (χ4n) is 0.764. The second-order valence-electron chi connectivity index (χ2n) is 2.19. The maximum atomic E-state index is 13.1. The van der Waals surface area contributed by atoms with Crippen LogP contribution in [-0.2, 0) is 0 Å². The van der Waals surface area contributed by atoms with Crippen LogP contribution in [0.15, 0.2) is 22.7 Å². The summed E-state index contributed by atoms with van der Waals surface area (Å²) < 4.78 is 18.5. The van der Waals surface area contributed by atoms with E-state index in [4.69, 9.17) is 10.5 Å². The molecule has 13 heavy (non-hydrogen) atoms. The van der Waals surface area contributed by atoms with Gasteiger partial charge in [-0.05, 0) is 28.1 Å². The Hall–Kier alpha value is -0.320. The lowest BCUT2D eigenvalue weighted by molar-refractivity contribution is 0.310. The first-order valence-corrected chi connectivity index (χ1v) is 4.32. The van der Waals surface area contributed by atoms with Crippen LogP contribution in [-0.4, -0.2) is 13.2 Å². The summed E-state index contributed by atoms with van der Waals surface area (Å²) in [6.07, 6.45) is 0. The fraction of sp³-hybridized carbons (Fsp3) is 0.250. The molecule has 0 bridgehead atoms. The lowest BCUT2D eigenvalue weighted by atomic mass is 10.3. The van der Waals surface area contributed by atoms with Crippen molar-refractivity contribution in [2.75, 3.05) is 13.2 Å². The van der Waals surface area contributed by atoms with Gasteiger partial charge in [0, 0.05) is 6.54 Å². The summed E-state index contributed by atoms with van der Waals surface area (Å²) in [4.78, 5) is 0. The summed E-state index contributed by atoms with van der Waals surface area (Å²) in [7, 11) is 0. The van der Waals surface area contributed by atoms with Crippen molar-refractivity contribution in [1.82, 2.24) is 0 Å². The molecule has 0 radical (unpaired) electrons. The van der Waals surface area contributed by atoms with Gasteiger partial charge in [-0.2, -0.15) is 0 Å². The molecule has 5 heteroatoms. The molecule has 1 aromatic rings. The zero-order chi connectivity index (χ0) is 8.97. The van der Waals surface area contributed by atoms with Gasteiger partial charge in [-0.15, -0.1) is 12.4 Å². The zero-order valence-electron chi connectivity index (χ0n) is 6.80. The highest BCUT2D eigenvalue weighted by atomic mass is 79.9. The van der Waals surface area contributed by atoms with E-state index in [9.17, 15) is 4.39 Å². The molecule has 0 amide bonds. The van der Waals surface area contributed by atoms with Crippen LogP contribution in [0.1, 0.15) is 0 Å². The van der Waals surface area contributed by atoms with E-state index in [1.54, 1.807) is 18.2 Å². The van der Waals surface area contributed by atoms with Crippen molar-refractivity contribution >= 4 is 28.3 Å². The number of rotatable bonds is 3. The Kier molecular flexibility index (Phi) is 6.03. The summed E-state index contributed by atoms with van der Waals surface area (Å²) >= 11 is 3.05. The van der Waals surface area contributed by atoms with Crippen molar-refractivity contribution in [2.45, 2.75) is 0 Å². The van der Waals surface area contributed by atoms with Crippen LogP contribution in [0.5, 0.6) is 5.75 Å². The van der Waals surface area contributed by atoms with Crippen molar-refractivity contribution in [2.24, 2.45) is 5.73 Å². The lowest BCUT2D eigenvalue weighted by Crippen LogP contribution is -2.11. The molecule has 0 saturated carbocycles. The fourth-order valence-corrected chi connectivity index (χ4v) is 1.11. The quantitative estimate of drug-likeness (QED) is 0.915. The molecule has 0 aliphatic carbocycles. The number of halogens is 3. The molecule has 2 N–H and O–H groups in total. The third-order valence-corrected chi connectivity index (χ3v) is 1.90. The first-order valence-electron chi connectivity index (χ1n) is 3.52. The summed E-state index contributed by atoms with van der Waals surface area (Å²) in [5, 5.41) is 0. The summed E-state index contributed by atoms with van der Waals surface area (Å²) in [6, 6.07) is 4.89. The summed E-state index contributed by atoms with van der Waals surface area (Å²) in [6.45, 7) is 0.708. The largest absolute Gasteiger partial charge is 0.489 e. The van der Waals surface area contributed by atoms with Crippen molar-refractivity contribution in [3.05, 3.63) is 28.5 Å². The average Bonchev–Trinajstić information content (AvgIpc) is 2.08. The van der Waals surface area contributed by atoms with E-state index < -0.39 is 0 Å². The molecule has 0 aromatic heterocycles. The Labute approximate surface area is 90.8 Å². The molecular weight excluding hydrogens is 260 g/mol. The lowest BCUT2D eigenvalue weighted by Gasteiger charge is -2.05. The molecule has 2 nitrogen and oxygen atoms in total. The SMILES string of the molecule is Cl.NCCOc1cccc(Br)c1F. The second-order valence-corrected chi connectivity index (χ2v) is 3.04. The molecule has 0 atom stereocenters. The first-order chi connectivity index (χ1) is 5.75. The van der Waals surface area contributed by atoms with Gasteiger partial charge in [0.2, 0.25) is 0 Å². The maximum Gasteiger partial charge on any atom is 0.179 e. The maximum absolute atomic E-state index is 13.1. The molecule has 74 valence electrons. The molecule has 1 aromatic carbocycles. The second kappa shape index (κ2) is 6.18. The Morgan fingerprint density at radius 2 is 2.15 bits per heavy atom. The Morgan fingerprint density at radius 3 is 2.77 bits per heavy atom. The standard InChI is InChI=1S/C8H9BrFNO.ClH/c9-6-2-1-3-7(8(6)10)12-5-4-11;/h1-3H,4-5,11H2;1H. The molecule has 0 saturated heterocycles. The van der Waals surface area contributed by atoms with Crippen LogP contribution in [0.25, 0.3) is 0 Å². The minimum Gasteiger partial charge on any atom is -0.489 e. The van der Waals surface area contributed by atoms with Gasteiger partial charge in [-0.3, -0.25) is 0 Å². The number of nitrogens with two attached hydrogens (primary N) is 1. The van der Waals surface area contributed by atoms with Gasteiger partial charge in [-0.1, -0.05) is 6.07 Å². The van der Waals surface area contributed by atoms with Crippen LogP contribution >= 0.6 is 28.3 Å².